The van der Waals surface area contributed by atoms with Crippen LogP contribution >= 0.6 is 0 Å². The third-order valence-electron chi connectivity index (χ3n) is 2.96. The summed E-state index contributed by atoms with van der Waals surface area (Å²) in [7, 11) is 1.32. The fourth-order valence-corrected chi connectivity index (χ4v) is 1.99. The molecule has 2 aromatic heterocycles. The Morgan fingerprint density at radius 3 is 2.57 bits per heavy atom. The third kappa shape index (κ3) is 2.46. The zero-order valence-corrected chi connectivity index (χ0v) is 11.4. The maximum atomic E-state index is 14.0. The molecular formula is C12H12F3N3O3. The summed E-state index contributed by atoms with van der Waals surface area (Å²) in [5.41, 5.74) is -1.43. The summed E-state index contributed by atoms with van der Waals surface area (Å²) in [6, 6.07) is 0.937. The molecule has 6 nitrogen and oxygen atoms in total. The molecule has 0 saturated carbocycles. The summed E-state index contributed by atoms with van der Waals surface area (Å²) in [5, 5.41) is 13.6. The second-order valence-electron chi connectivity index (χ2n) is 4.42. The van der Waals surface area contributed by atoms with Crippen LogP contribution in [0.4, 0.5) is 13.2 Å². The van der Waals surface area contributed by atoms with Crippen molar-refractivity contribution in [1.82, 2.24) is 14.5 Å². The van der Waals surface area contributed by atoms with Crippen molar-refractivity contribution in [1.29, 1.82) is 0 Å². The Hall–Kier alpha value is -2.45. The molecule has 2 heterocycles. The number of halogens is 3. The van der Waals surface area contributed by atoms with Crippen molar-refractivity contribution in [2.24, 2.45) is 7.05 Å². The number of pyridine rings is 1. The minimum absolute atomic E-state index is 0.00334. The lowest BCUT2D eigenvalue weighted by Gasteiger charge is -2.07. The highest BCUT2D eigenvalue weighted by molar-refractivity contribution is 5.62. The monoisotopic (exact) mass is 303 g/mol. The van der Waals surface area contributed by atoms with Crippen molar-refractivity contribution in [2.75, 3.05) is 0 Å². The van der Waals surface area contributed by atoms with E-state index in [1.54, 1.807) is 0 Å². The molecule has 0 aromatic carbocycles. The Balaban J connectivity index is 2.69. The molecule has 9 heteroatoms. The van der Waals surface area contributed by atoms with Gasteiger partial charge < -0.3 is 9.94 Å². The van der Waals surface area contributed by atoms with E-state index in [-0.39, 0.29) is 27.4 Å². The number of ether oxygens (including phenoxy) is 1. The van der Waals surface area contributed by atoms with Gasteiger partial charge in [0.1, 0.15) is 11.4 Å². The summed E-state index contributed by atoms with van der Waals surface area (Å²) >= 11 is 0. The first-order chi connectivity index (χ1) is 9.73. The Morgan fingerprint density at radius 2 is 2.00 bits per heavy atom. The summed E-state index contributed by atoms with van der Waals surface area (Å²) < 4.78 is 44.0. The molecule has 0 radical (unpaired) electrons. The van der Waals surface area contributed by atoms with Crippen LogP contribution in [0.25, 0.3) is 11.4 Å². The van der Waals surface area contributed by atoms with E-state index < -0.39 is 23.7 Å². The predicted octanol–water partition coefficient (Wildman–Crippen LogP) is 1.84. The van der Waals surface area contributed by atoms with E-state index in [1.807, 2.05) is 0 Å². The SMILES string of the molecule is Cc1c(-c2c(F)cc(C)c(=O)n2O)nn(C)c1OC(F)F. The topological polar surface area (TPSA) is 69.3 Å². The minimum atomic E-state index is -3.08. The van der Waals surface area contributed by atoms with Crippen molar-refractivity contribution >= 4 is 0 Å². The van der Waals surface area contributed by atoms with Crippen LogP contribution in [-0.4, -0.2) is 26.3 Å². The van der Waals surface area contributed by atoms with Gasteiger partial charge in [-0.05, 0) is 19.9 Å². The number of rotatable bonds is 3. The molecule has 0 aliphatic carbocycles. The number of aromatic nitrogens is 3. The van der Waals surface area contributed by atoms with Gasteiger partial charge in [-0.2, -0.15) is 13.9 Å². The normalized spacial score (nSPS) is 11.2. The molecular weight excluding hydrogens is 291 g/mol. The van der Waals surface area contributed by atoms with Crippen molar-refractivity contribution in [2.45, 2.75) is 20.5 Å². The fourth-order valence-electron chi connectivity index (χ4n) is 1.99. The van der Waals surface area contributed by atoms with Crippen molar-refractivity contribution in [3.63, 3.8) is 0 Å². The highest BCUT2D eigenvalue weighted by Crippen LogP contribution is 2.30. The first-order valence-electron chi connectivity index (χ1n) is 5.84. The molecule has 2 rings (SSSR count). The smallest absolute Gasteiger partial charge is 0.388 e. The second kappa shape index (κ2) is 5.15. The molecule has 2 aromatic rings. The Labute approximate surface area is 117 Å². The molecule has 0 unspecified atom stereocenters. The van der Waals surface area contributed by atoms with Crippen molar-refractivity contribution < 1.29 is 23.1 Å². The lowest BCUT2D eigenvalue weighted by Crippen LogP contribution is -2.23. The maximum Gasteiger partial charge on any atom is 0.388 e. The number of hydrogen-bond donors (Lipinski definition) is 1. The summed E-state index contributed by atoms with van der Waals surface area (Å²) in [6.45, 7) is -0.381. The van der Waals surface area contributed by atoms with E-state index in [2.05, 4.69) is 9.84 Å². The molecule has 0 spiro atoms. The molecule has 0 aliphatic rings. The van der Waals surface area contributed by atoms with Gasteiger partial charge in [-0.25, -0.2) is 9.07 Å². The van der Waals surface area contributed by atoms with Gasteiger partial charge in [-0.15, -0.1) is 4.73 Å². The first kappa shape index (κ1) is 14.9. The van der Waals surface area contributed by atoms with Crippen molar-refractivity contribution in [3.8, 4) is 17.3 Å². The molecule has 1 N–H and O–H groups in total. The van der Waals surface area contributed by atoms with Crippen LogP contribution < -0.4 is 10.3 Å². The van der Waals surface area contributed by atoms with Crippen LogP contribution in [0.2, 0.25) is 0 Å². The largest absolute Gasteiger partial charge is 0.425 e. The van der Waals surface area contributed by atoms with E-state index in [1.165, 1.54) is 20.9 Å². The lowest BCUT2D eigenvalue weighted by molar-refractivity contribution is -0.0557. The van der Waals surface area contributed by atoms with Gasteiger partial charge in [-0.1, -0.05) is 0 Å². The first-order valence-corrected chi connectivity index (χ1v) is 5.84. The van der Waals surface area contributed by atoms with Gasteiger partial charge >= 0.3 is 6.61 Å². The summed E-state index contributed by atoms with van der Waals surface area (Å²) in [5.74, 6) is -1.19. The molecule has 0 bridgehead atoms. The van der Waals surface area contributed by atoms with Crippen LogP contribution in [0.5, 0.6) is 5.88 Å². The van der Waals surface area contributed by atoms with Crippen LogP contribution in [0.15, 0.2) is 10.9 Å². The number of nitrogens with zero attached hydrogens (tertiary/aromatic N) is 3. The minimum Gasteiger partial charge on any atom is -0.425 e. The van der Waals surface area contributed by atoms with Crippen LogP contribution in [0.1, 0.15) is 11.1 Å². The van der Waals surface area contributed by atoms with Gasteiger partial charge in [0.25, 0.3) is 5.56 Å². The Kier molecular flexibility index (Phi) is 3.67. The Bertz CT molecular complexity index is 752. The van der Waals surface area contributed by atoms with Crippen LogP contribution in [0, 0.1) is 19.7 Å². The van der Waals surface area contributed by atoms with E-state index >= 15 is 0 Å². The average Bonchev–Trinajstić information content (AvgIpc) is 2.64. The molecule has 0 amide bonds. The Morgan fingerprint density at radius 1 is 1.38 bits per heavy atom. The number of alkyl halides is 2. The zero-order chi connectivity index (χ0) is 15.9. The summed E-state index contributed by atoms with van der Waals surface area (Å²) in [6.07, 6.45) is 0. The molecule has 0 saturated heterocycles. The van der Waals surface area contributed by atoms with Gasteiger partial charge in [0.2, 0.25) is 5.88 Å². The zero-order valence-electron chi connectivity index (χ0n) is 11.4. The van der Waals surface area contributed by atoms with Crippen LogP contribution in [0.3, 0.4) is 0 Å². The lowest BCUT2D eigenvalue weighted by atomic mass is 10.1. The third-order valence-corrected chi connectivity index (χ3v) is 2.96. The predicted molar refractivity (Wildman–Crippen MR) is 66.2 cm³/mol. The van der Waals surface area contributed by atoms with Gasteiger partial charge in [-0.3, -0.25) is 4.79 Å². The van der Waals surface area contributed by atoms with Gasteiger partial charge in [0.05, 0.1) is 0 Å². The van der Waals surface area contributed by atoms with Crippen molar-refractivity contribution in [3.05, 3.63) is 33.4 Å². The summed E-state index contributed by atoms with van der Waals surface area (Å²) in [4.78, 5) is 11.7. The highest BCUT2D eigenvalue weighted by atomic mass is 19.3. The number of hydrogen-bond acceptors (Lipinski definition) is 4. The quantitative estimate of drug-likeness (QED) is 0.879. The highest BCUT2D eigenvalue weighted by Gasteiger charge is 2.24. The van der Waals surface area contributed by atoms with Gasteiger partial charge in [0.15, 0.2) is 5.82 Å². The second-order valence-corrected chi connectivity index (χ2v) is 4.42. The molecule has 114 valence electrons. The maximum absolute atomic E-state index is 14.0. The van der Waals surface area contributed by atoms with E-state index in [9.17, 15) is 23.2 Å². The molecule has 21 heavy (non-hydrogen) atoms. The standard InChI is InChI=1S/C12H12F3N3O3/c1-5-4-7(13)9(18(20)10(5)19)8-6(2)11(17(3)16-8)21-12(14)15/h4,12,20H,1-3H3. The van der Waals surface area contributed by atoms with E-state index in [4.69, 9.17) is 0 Å². The molecule has 0 fully saturated rings. The van der Waals surface area contributed by atoms with Crippen LogP contribution in [-0.2, 0) is 7.05 Å². The molecule has 0 atom stereocenters. The fraction of sp³-hybridized carbons (Fsp3) is 0.333. The average molecular weight is 303 g/mol. The van der Waals surface area contributed by atoms with Gasteiger partial charge in [0, 0.05) is 18.2 Å². The van der Waals surface area contributed by atoms with E-state index in [0.717, 1.165) is 10.7 Å². The number of aryl methyl sites for hydroxylation is 2. The molecule has 0 aliphatic heterocycles. The van der Waals surface area contributed by atoms with E-state index in [0.29, 0.717) is 0 Å².